The van der Waals surface area contributed by atoms with Gasteiger partial charge in [0.05, 0.1) is 6.42 Å². The van der Waals surface area contributed by atoms with E-state index in [-0.39, 0.29) is 30.1 Å². The normalized spacial score (nSPS) is 16.8. The molecule has 0 spiro atoms. The van der Waals surface area contributed by atoms with Crippen LogP contribution in [0.4, 0.5) is 0 Å². The zero-order chi connectivity index (χ0) is 17.4. The Morgan fingerprint density at radius 2 is 2.00 bits per heavy atom. The maximum Gasteiger partial charge on any atom is 0.238 e. The molecule has 24 heavy (non-hydrogen) atoms. The van der Waals surface area contributed by atoms with Gasteiger partial charge in [-0.2, -0.15) is 0 Å². The number of rotatable bonds is 9. The first kappa shape index (κ1) is 18.6. The molecule has 7 nitrogen and oxygen atoms in total. The molecule has 7 heteroatoms. The van der Waals surface area contributed by atoms with Crippen molar-refractivity contribution in [1.29, 1.82) is 0 Å². The highest BCUT2D eigenvalue weighted by Gasteiger charge is 2.26. The van der Waals surface area contributed by atoms with Crippen molar-refractivity contribution in [2.24, 2.45) is 11.7 Å². The Labute approximate surface area is 142 Å². The summed E-state index contributed by atoms with van der Waals surface area (Å²) in [6.07, 6.45) is 7.90. The van der Waals surface area contributed by atoms with Crippen molar-refractivity contribution in [3.05, 3.63) is 11.8 Å². The quantitative estimate of drug-likeness (QED) is 0.668. The van der Waals surface area contributed by atoms with Crippen LogP contribution < -0.4 is 11.1 Å². The Bertz CT molecular complexity index is 538. The van der Waals surface area contributed by atoms with Gasteiger partial charge in [0, 0.05) is 5.92 Å². The minimum atomic E-state index is -0.306. The number of unbranched alkanes of at least 4 members (excludes halogenated alkanes) is 1. The Hall–Kier alpha value is -1.76. The van der Waals surface area contributed by atoms with E-state index < -0.39 is 0 Å². The molecule has 1 aromatic heterocycles. The second-order valence-electron chi connectivity index (χ2n) is 6.59. The van der Waals surface area contributed by atoms with E-state index in [0.29, 0.717) is 24.7 Å². The van der Waals surface area contributed by atoms with Crippen LogP contribution in [0.25, 0.3) is 0 Å². The zero-order valence-corrected chi connectivity index (χ0v) is 14.4. The van der Waals surface area contributed by atoms with Gasteiger partial charge in [-0.05, 0) is 45.6 Å². The van der Waals surface area contributed by atoms with Crippen molar-refractivity contribution in [2.45, 2.75) is 70.8 Å². The Morgan fingerprint density at radius 1 is 1.25 bits per heavy atom. The molecular formula is C17H28N4O3. The second kappa shape index (κ2) is 9.52. The molecular weight excluding hydrogens is 308 g/mol. The highest BCUT2D eigenvalue weighted by molar-refractivity contribution is 5.79. The highest BCUT2D eigenvalue weighted by atomic mass is 16.4. The van der Waals surface area contributed by atoms with Gasteiger partial charge in [0.15, 0.2) is 0 Å². The molecule has 2 rings (SSSR count). The smallest absolute Gasteiger partial charge is 0.238 e. The molecule has 1 aliphatic rings. The number of aromatic nitrogens is 2. The van der Waals surface area contributed by atoms with E-state index in [0.717, 1.165) is 38.5 Å². The predicted molar refractivity (Wildman–Crippen MR) is 89.0 cm³/mol. The molecule has 0 aliphatic heterocycles. The second-order valence-corrected chi connectivity index (χ2v) is 6.59. The van der Waals surface area contributed by atoms with Gasteiger partial charge in [0.2, 0.25) is 17.7 Å². The van der Waals surface area contributed by atoms with Gasteiger partial charge in [-0.3, -0.25) is 9.59 Å². The summed E-state index contributed by atoms with van der Waals surface area (Å²) in [5.41, 5.74) is 5.55. The average molecular weight is 336 g/mol. The molecule has 1 saturated carbocycles. The SMILES string of the molecule is CC(=O)Cc1nnc([C@H](CCCCN)NC(=O)C2CCCCC2)o1. The fourth-order valence-corrected chi connectivity index (χ4v) is 3.10. The van der Waals surface area contributed by atoms with E-state index in [9.17, 15) is 9.59 Å². The van der Waals surface area contributed by atoms with Crippen molar-refractivity contribution in [3.8, 4) is 0 Å². The first-order valence-corrected chi connectivity index (χ1v) is 8.92. The van der Waals surface area contributed by atoms with E-state index in [1.54, 1.807) is 0 Å². The molecule has 0 radical (unpaired) electrons. The molecule has 1 amide bonds. The largest absolute Gasteiger partial charge is 0.423 e. The van der Waals surface area contributed by atoms with E-state index in [2.05, 4.69) is 15.5 Å². The summed E-state index contributed by atoms with van der Waals surface area (Å²) < 4.78 is 5.59. The Kier molecular flexibility index (Phi) is 7.36. The van der Waals surface area contributed by atoms with Gasteiger partial charge in [0.1, 0.15) is 11.8 Å². The highest BCUT2D eigenvalue weighted by Crippen LogP contribution is 2.26. The molecule has 1 aliphatic carbocycles. The van der Waals surface area contributed by atoms with Crippen molar-refractivity contribution >= 4 is 11.7 Å². The molecule has 0 aromatic carbocycles. The van der Waals surface area contributed by atoms with Crippen LogP contribution in [0.5, 0.6) is 0 Å². The number of nitrogens with one attached hydrogen (secondary N) is 1. The summed E-state index contributed by atoms with van der Waals surface area (Å²) in [5, 5.41) is 11.0. The maximum atomic E-state index is 12.5. The molecule has 1 fully saturated rings. The van der Waals surface area contributed by atoms with Crippen LogP contribution in [0.15, 0.2) is 4.42 Å². The van der Waals surface area contributed by atoms with Crippen LogP contribution in [-0.2, 0) is 16.0 Å². The molecule has 1 heterocycles. The molecule has 0 unspecified atom stereocenters. The van der Waals surface area contributed by atoms with Gasteiger partial charge >= 0.3 is 0 Å². The topological polar surface area (TPSA) is 111 Å². The van der Waals surface area contributed by atoms with Gasteiger partial charge in [-0.25, -0.2) is 0 Å². The van der Waals surface area contributed by atoms with E-state index in [4.69, 9.17) is 10.2 Å². The number of amides is 1. The fourth-order valence-electron chi connectivity index (χ4n) is 3.10. The third-order valence-corrected chi connectivity index (χ3v) is 4.42. The lowest BCUT2D eigenvalue weighted by molar-refractivity contribution is -0.127. The van der Waals surface area contributed by atoms with Crippen LogP contribution in [0.2, 0.25) is 0 Å². The summed E-state index contributed by atoms with van der Waals surface area (Å²) in [6.45, 7) is 2.09. The number of carbonyl (C=O) groups is 2. The van der Waals surface area contributed by atoms with Gasteiger partial charge in [-0.15, -0.1) is 10.2 Å². The summed E-state index contributed by atoms with van der Waals surface area (Å²) >= 11 is 0. The van der Waals surface area contributed by atoms with Crippen molar-refractivity contribution in [3.63, 3.8) is 0 Å². The summed E-state index contributed by atoms with van der Waals surface area (Å²) in [7, 11) is 0. The van der Waals surface area contributed by atoms with Crippen molar-refractivity contribution in [1.82, 2.24) is 15.5 Å². The van der Waals surface area contributed by atoms with E-state index in [1.807, 2.05) is 0 Å². The number of nitrogens with zero attached hydrogens (tertiary/aromatic N) is 2. The number of carbonyl (C=O) groups excluding carboxylic acids is 2. The van der Waals surface area contributed by atoms with Crippen LogP contribution in [0.1, 0.15) is 76.1 Å². The monoisotopic (exact) mass is 336 g/mol. The predicted octanol–water partition coefficient (Wildman–Crippen LogP) is 2.07. The minimum Gasteiger partial charge on any atom is -0.423 e. The summed E-state index contributed by atoms with van der Waals surface area (Å²) in [4.78, 5) is 23.7. The van der Waals surface area contributed by atoms with E-state index >= 15 is 0 Å². The molecule has 3 N–H and O–H groups in total. The summed E-state index contributed by atoms with van der Waals surface area (Å²) in [6, 6.07) is -0.306. The lowest BCUT2D eigenvalue weighted by Crippen LogP contribution is -2.35. The number of nitrogens with two attached hydrogens (primary N) is 1. The van der Waals surface area contributed by atoms with Crippen molar-refractivity contribution < 1.29 is 14.0 Å². The maximum absolute atomic E-state index is 12.5. The Morgan fingerprint density at radius 3 is 2.67 bits per heavy atom. The Balaban J connectivity index is 2.01. The first-order valence-electron chi connectivity index (χ1n) is 8.92. The van der Waals surface area contributed by atoms with Crippen molar-refractivity contribution in [2.75, 3.05) is 6.54 Å². The van der Waals surface area contributed by atoms with Crippen LogP contribution >= 0.6 is 0 Å². The molecule has 1 aromatic rings. The number of ketones is 1. The third kappa shape index (κ3) is 5.70. The molecule has 0 bridgehead atoms. The lowest BCUT2D eigenvalue weighted by atomic mass is 9.88. The summed E-state index contributed by atoms with van der Waals surface area (Å²) in [5.74, 6) is 0.797. The van der Waals surface area contributed by atoms with Gasteiger partial charge < -0.3 is 15.5 Å². The van der Waals surface area contributed by atoms with Gasteiger partial charge in [-0.1, -0.05) is 19.3 Å². The average Bonchev–Trinajstić information content (AvgIpc) is 3.02. The van der Waals surface area contributed by atoms with E-state index in [1.165, 1.54) is 13.3 Å². The molecule has 0 saturated heterocycles. The number of hydrogen-bond donors (Lipinski definition) is 2. The number of Topliss-reactive ketones (excluding diaryl/α,β-unsaturated/α-hetero) is 1. The molecule has 1 atom stereocenters. The molecule has 134 valence electrons. The zero-order valence-electron chi connectivity index (χ0n) is 14.4. The fraction of sp³-hybridized carbons (Fsp3) is 0.765. The third-order valence-electron chi connectivity index (χ3n) is 4.42. The van der Waals surface area contributed by atoms with Crippen LogP contribution in [0.3, 0.4) is 0 Å². The first-order chi connectivity index (χ1) is 11.6. The standard InChI is InChI=1S/C17H28N4O3/c1-12(22)11-15-20-21-17(24-15)14(9-5-6-10-18)19-16(23)13-7-3-2-4-8-13/h13-14H,2-11,18H2,1H3,(H,19,23)/t14-/m0/s1. The van der Waals surface area contributed by atoms with Gasteiger partial charge in [0.25, 0.3) is 0 Å². The minimum absolute atomic E-state index is 0.0314. The van der Waals surface area contributed by atoms with Crippen LogP contribution in [0, 0.1) is 5.92 Å². The van der Waals surface area contributed by atoms with Crippen LogP contribution in [-0.4, -0.2) is 28.4 Å². The number of hydrogen-bond acceptors (Lipinski definition) is 6. The lowest BCUT2D eigenvalue weighted by Gasteiger charge is -2.23.